The summed E-state index contributed by atoms with van der Waals surface area (Å²) in [5.74, 6) is 0. The van der Waals surface area contributed by atoms with E-state index in [2.05, 4.69) is 5.38 Å². The molecule has 0 atom stereocenters. The molecule has 1 radical (unpaired) electrons. The zero-order valence-corrected chi connectivity index (χ0v) is 6.02. The Balaban J connectivity index is 2.48. The van der Waals surface area contributed by atoms with E-state index < -0.39 is 0 Å². The minimum absolute atomic E-state index is 1.13. The minimum Gasteiger partial charge on any atom is -0.472 e. The summed E-state index contributed by atoms with van der Waals surface area (Å²) in [6.07, 6.45) is 3.41. The molecule has 2 aromatic heterocycles. The van der Waals surface area contributed by atoms with Gasteiger partial charge in [-0.05, 0) is 18.2 Å². The Labute approximate surface area is 62.9 Å². The third-order valence-electron chi connectivity index (χ3n) is 1.28. The lowest BCUT2D eigenvalue weighted by Gasteiger charge is -1.83. The molecule has 2 rings (SSSR count). The third kappa shape index (κ3) is 0.866. The summed E-state index contributed by atoms with van der Waals surface area (Å²) in [5, 5.41) is 3.02. The fourth-order valence-corrected chi connectivity index (χ4v) is 1.43. The van der Waals surface area contributed by atoms with Crippen molar-refractivity contribution in [1.29, 1.82) is 0 Å². The molecule has 0 saturated heterocycles. The monoisotopic (exact) mass is 149 g/mol. The number of hydrogen-bond donors (Lipinski definition) is 0. The van der Waals surface area contributed by atoms with Crippen molar-refractivity contribution in [1.82, 2.24) is 0 Å². The molecule has 0 N–H and O–H groups in total. The number of furan rings is 1. The van der Waals surface area contributed by atoms with Crippen LogP contribution in [0.3, 0.4) is 0 Å². The Morgan fingerprint density at radius 2 is 2.40 bits per heavy atom. The van der Waals surface area contributed by atoms with Crippen molar-refractivity contribution in [3.05, 3.63) is 36.1 Å². The van der Waals surface area contributed by atoms with E-state index in [1.54, 1.807) is 23.9 Å². The molecule has 0 aromatic carbocycles. The number of hydrogen-bond acceptors (Lipinski definition) is 2. The Kier molecular flexibility index (Phi) is 1.32. The van der Waals surface area contributed by atoms with Crippen LogP contribution in [-0.4, -0.2) is 0 Å². The fourth-order valence-electron chi connectivity index (χ4n) is 0.801. The van der Waals surface area contributed by atoms with Gasteiger partial charge in [0, 0.05) is 15.8 Å². The van der Waals surface area contributed by atoms with Gasteiger partial charge in [0.2, 0.25) is 0 Å². The van der Waals surface area contributed by atoms with Crippen molar-refractivity contribution in [3.63, 3.8) is 0 Å². The second-order valence-electron chi connectivity index (χ2n) is 1.93. The molecule has 0 aliphatic carbocycles. The molecule has 2 heteroatoms. The minimum atomic E-state index is 1.13. The average molecular weight is 149 g/mol. The Morgan fingerprint density at radius 1 is 1.40 bits per heavy atom. The quantitative estimate of drug-likeness (QED) is 0.607. The molecule has 0 bridgehead atoms. The van der Waals surface area contributed by atoms with Gasteiger partial charge in [0.25, 0.3) is 0 Å². The Morgan fingerprint density at radius 3 is 3.00 bits per heavy atom. The van der Waals surface area contributed by atoms with E-state index in [0.29, 0.717) is 0 Å². The summed E-state index contributed by atoms with van der Waals surface area (Å²) in [6, 6.07) is 5.88. The lowest BCUT2D eigenvalue weighted by atomic mass is 10.3. The van der Waals surface area contributed by atoms with Gasteiger partial charge in [-0.3, -0.25) is 0 Å². The molecule has 2 aromatic rings. The fraction of sp³-hybridized carbons (Fsp3) is 0. The van der Waals surface area contributed by atoms with Crippen molar-refractivity contribution < 1.29 is 4.42 Å². The summed E-state index contributed by atoms with van der Waals surface area (Å²) in [4.78, 5) is 1.20. The van der Waals surface area contributed by atoms with Crippen molar-refractivity contribution in [3.8, 4) is 10.4 Å². The van der Waals surface area contributed by atoms with Crippen LogP contribution in [0.4, 0.5) is 0 Å². The Bertz CT molecular complexity index is 249. The van der Waals surface area contributed by atoms with E-state index in [-0.39, 0.29) is 0 Å². The highest BCUT2D eigenvalue weighted by Crippen LogP contribution is 2.23. The largest absolute Gasteiger partial charge is 0.472 e. The van der Waals surface area contributed by atoms with Gasteiger partial charge in [-0.1, -0.05) is 0 Å². The van der Waals surface area contributed by atoms with Crippen molar-refractivity contribution >= 4 is 11.3 Å². The molecule has 0 aliphatic heterocycles. The molecule has 0 saturated carbocycles. The molecular weight excluding hydrogens is 144 g/mol. The first-order valence-corrected chi connectivity index (χ1v) is 3.77. The van der Waals surface area contributed by atoms with E-state index in [4.69, 9.17) is 4.42 Å². The summed E-state index contributed by atoms with van der Waals surface area (Å²) < 4.78 is 4.93. The first-order chi connectivity index (χ1) is 4.97. The summed E-state index contributed by atoms with van der Waals surface area (Å²) in [5.41, 5.74) is 1.13. The zero-order valence-electron chi connectivity index (χ0n) is 5.20. The molecule has 0 fully saturated rings. The topological polar surface area (TPSA) is 13.1 Å². The van der Waals surface area contributed by atoms with Gasteiger partial charge in [0.1, 0.15) is 0 Å². The van der Waals surface area contributed by atoms with Crippen LogP contribution in [0, 0.1) is 5.38 Å². The summed E-state index contributed by atoms with van der Waals surface area (Å²) in [6.45, 7) is 0. The first-order valence-electron chi connectivity index (χ1n) is 2.95. The van der Waals surface area contributed by atoms with Gasteiger partial charge in [-0.25, -0.2) is 0 Å². The van der Waals surface area contributed by atoms with Gasteiger partial charge < -0.3 is 4.42 Å². The lowest BCUT2D eigenvalue weighted by Crippen LogP contribution is -1.58. The zero-order chi connectivity index (χ0) is 6.81. The summed E-state index contributed by atoms with van der Waals surface area (Å²) >= 11 is 1.60. The molecule has 0 spiro atoms. The molecule has 0 aliphatic rings. The van der Waals surface area contributed by atoms with Gasteiger partial charge >= 0.3 is 0 Å². The second-order valence-corrected chi connectivity index (χ2v) is 2.81. The first kappa shape index (κ1) is 5.74. The lowest BCUT2D eigenvalue weighted by molar-refractivity contribution is 0.568. The van der Waals surface area contributed by atoms with E-state index in [1.165, 1.54) is 4.88 Å². The standard InChI is InChI=1S/C8H5OS/c1-2-8(10-5-1)7-3-4-9-6-7/h1-4,6H. The molecule has 1 nitrogen and oxygen atoms in total. The van der Waals surface area contributed by atoms with Crippen LogP contribution < -0.4 is 0 Å². The SMILES string of the molecule is [c]1ccc(-c2ccoc2)s1. The van der Waals surface area contributed by atoms with Gasteiger partial charge in [-0.15, -0.1) is 11.3 Å². The van der Waals surface area contributed by atoms with Crippen LogP contribution in [0.1, 0.15) is 0 Å². The normalized spacial score (nSPS) is 10.0. The van der Waals surface area contributed by atoms with Crippen LogP contribution in [0.25, 0.3) is 10.4 Å². The molecule has 2 heterocycles. The maximum atomic E-state index is 4.93. The molecule has 0 amide bonds. The highest BCUT2D eigenvalue weighted by atomic mass is 32.1. The van der Waals surface area contributed by atoms with Crippen molar-refractivity contribution in [2.24, 2.45) is 0 Å². The maximum absolute atomic E-state index is 4.93. The molecule has 10 heavy (non-hydrogen) atoms. The number of thiophene rings is 1. The maximum Gasteiger partial charge on any atom is 0.0989 e. The predicted molar refractivity (Wildman–Crippen MR) is 40.9 cm³/mol. The van der Waals surface area contributed by atoms with Crippen molar-refractivity contribution in [2.75, 3.05) is 0 Å². The van der Waals surface area contributed by atoms with Gasteiger partial charge in [0.05, 0.1) is 12.5 Å². The van der Waals surface area contributed by atoms with Crippen LogP contribution in [0.5, 0.6) is 0 Å². The van der Waals surface area contributed by atoms with Crippen LogP contribution >= 0.6 is 11.3 Å². The van der Waals surface area contributed by atoms with Crippen LogP contribution in [0.15, 0.2) is 35.1 Å². The molecular formula is C8H5OS. The predicted octanol–water partition coefficient (Wildman–Crippen LogP) is 2.81. The van der Waals surface area contributed by atoms with Crippen LogP contribution in [0.2, 0.25) is 0 Å². The van der Waals surface area contributed by atoms with E-state index in [1.807, 2.05) is 18.2 Å². The van der Waals surface area contributed by atoms with Gasteiger partial charge in [0.15, 0.2) is 0 Å². The highest BCUT2D eigenvalue weighted by Gasteiger charge is 1.97. The molecule has 0 unspecified atom stereocenters. The second kappa shape index (κ2) is 2.31. The van der Waals surface area contributed by atoms with E-state index >= 15 is 0 Å². The summed E-state index contributed by atoms with van der Waals surface area (Å²) in [7, 11) is 0. The van der Waals surface area contributed by atoms with Gasteiger partial charge in [-0.2, -0.15) is 0 Å². The highest BCUT2D eigenvalue weighted by molar-refractivity contribution is 7.13. The smallest absolute Gasteiger partial charge is 0.0989 e. The van der Waals surface area contributed by atoms with E-state index in [9.17, 15) is 0 Å². The van der Waals surface area contributed by atoms with E-state index in [0.717, 1.165) is 5.56 Å². The Hall–Kier alpha value is -1.02. The average Bonchev–Trinajstić information content (AvgIpc) is 2.59. The molecule has 49 valence electrons. The third-order valence-corrected chi connectivity index (χ3v) is 2.12. The number of rotatable bonds is 1. The van der Waals surface area contributed by atoms with Crippen molar-refractivity contribution in [2.45, 2.75) is 0 Å². The van der Waals surface area contributed by atoms with Crippen LogP contribution in [-0.2, 0) is 0 Å².